The Labute approximate surface area is 173 Å². The molecule has 0 saturated carbocycles. The Morgan fingerprint density at radius 3 is 3.03 bits per heavy atom. The van der Waals surface area contributed by atoms with Gasteiger partial charge in [-0.3, -0.25) is 14.1 Å². The second-order valence-electron chi connectivity index (χ2n) is 8.12. The number of nitrogens with zero attached hydrogens (tertiary/aromatic N) is 3. The van der Waals surface area contributed by atoms with Crippen molar-refractivity contribution < 1.29 is 13.9 Å². The monoisotopic (exact) mass is 414 g/mol. The molecule has 1 spiro atoms. The summed E-state index contributed by atoms with van der Waals surface area (Å²) in [5.41, 5.74) is 2.39. The van der Waals surface area contributed by atoms with Gasteiger partial charge in [0.15, 0.2) is 10.7 Å². The van der Waals surface area contributed by atoms with E-state index < -0.39 is 0 Å². The lowest BCUT2D eigenvalue weighted by atomic mass is 9.88. The highest BCUT2D eigenvalue weighted by atomic mass is 32.1. The fourth-order valence-electron chi connectivity index (χ4n) is 4.57. The molecule has 0 bridgehead atoms. The molecule has 154 valence electrons. The van der Waals surface area contributed by atoms with Crippen molar-refractivity contribution in [3.05, 3.63) is 47.1 Å². The number of carbonyl (C=O) groups is 1. The number of imidazole rings is 1. The van der Waals surface area contributed by atoms with Crippen LogP contribution in [0.25, 0.3) is 4.96 Å². The van der Waals surface area contributed by atoms with Crippen LogP contribution in [0.4, 0.5) is 0 Å². The Balaban J connectivity index is 1.13. The van der Waals surface area contributed by atoms with Crippen molar-refractivity contribution in [2.24, 2.45) is 0 Å². The first kappa shape index (κ1) is 18.8. The summed E-state index contributed by atoms with van der Waals surface area (Å²) in [6, 6.07) is 3.40. The molecule has 0 aliphatic carbocycles. The van der Waals surface area contributed by atoms with Crippen LogP contribution in [-0.4, -0.2) is 51.5 Å². The Morgan fingerprint density at radius 2 is 2.24 bits per heavy atom. The van der Waals surface area contributed by atoms with Crippen LogP contribution in [0.5, 0.6) is 0 Å². The number of amides is 1. The van der Waals surface area contributed by atoms with Crippen molar-refractivity contribution in [3.8, 4) is 0 Å². The van der Waals surface area contributed by atoms with Gasteiger partial charge in [0.1, 0.15) is 0 Å². The Kier molecular flexibility index (Phi) is 4.93. The number of piperidine rings is 1. The molecule has 29 heavy (non-hydrogen) atoms. The van der Waals surface area contributed by atoms with Crippen LogP contribution in [0.1, 0.15) is 47.6 Å². The number of hydrogen-bond donors (Lipinski definition) is 1. The van der Waals surface area contributed by atoms with E-state index in [1.54, 1.807) is 23.5 Å². The van der Waals surface area contributed by atoms with E-state index in [1.807, 2.05) is 0 Å². The summed E-state index contributed by atoms with van der Waals surface area (Å²) < 4.78 is 13.8. The third-order valence-corrected chi connectivity index (χ3v) is 7.03. The molecule has 3 aromatic rings. The third-order valence-electron chi connectivity index (χ3n) is 6.28. The molecule has 2 aliphatic rings. The summed E-state index contributed by atoms with van der Waals surface area (Å²) in [5, 5.41) is 5.02. The van der Waals surface area contributed by atoms with Crippen molar-refractivity contribution in [2.45, 2.75) is 50.9 Å². The average molecular weight is 415 g/mol. The lowest BCUT2D eigenvalue weighted by Gasteiger charge is -2.39. The quantitative estimate of drug-likeness (QED) is 0.694. The van der Waals surface area contributed by atoms with Gasteiger partial charge in [0.25, 0.3) is 5.91 Å². The molecule has 1 unspecified atom stereocenters. The standard InChI is InChI=1S/C21H26N4O3S/c1-15-17(25-10-12-29-20(25)23-15)14-24-8-6-21(7-9-24)5-4-16(28-21)13-22-19(26)18-3-2-11-27-18/h2-3,10-12,16H,4-9,13-14H2,1H3,(H,22,26). The molecule has 1 amide bonds. The highest BCUT2D eigenvalue weighted by Crippen LogP contribution is 2.39. The van der Waals surface area contributed by atoms with Crippen molar-refractivity contribution in [3.63, 3.8) is 0 Å². The number of fused-ring (bicyclic) bond motifs is 1. The van der Waals surface area contributed by atoms with Crippen LogP contribution in [0.3, 0.4) is 0 Å². The molecule has 0 aromatic carbocycles. The minimum atomic E-state index is -0.176. The first-order chi connectivity index (χ1) is 14.1. The summed E-state index contributed by atoms with van der Waals surface area (Å²) in [7, 11) is 0. The van der Waals surface area contributed by atoms with Crippen molar-refractivity contribution in [1.82, 2.24) is 19.6 Å². The number of aromatic nitrogens is 2. The van der Waals surface area contributed by atoms with Crippen LogP contribution in [0.2, 0.25) is 0 Å². The predicted octanol–water partition coefficient (Wildman–Crippen LogP) is 3.24. The van der Waals surface area contributed by atoms with E-state index in [2.05, 4.69) is 38.1 Å². The van der Waals surface area contributed by atoms with Gasteiger partial charge in [-0.25, -0.2) is 4.98 Å². The summed E-state index contributed by atoms with van der Waals surface area (Å²) in [5.74, 6) is 0.172. The Bertz CT molecular complexity index is 985. The summed E-state index contributed by atoms with van der Waals surface area (Å²) in [6.07, 6.45) is 7.86. The summed E-state index contributed by atoms with van der Waals surface area (Å²) in [6.45, 7) is 5.63. The number of aryl methyl sites for hydroxylation is 1. The number of furan rings is 1. The first-order valence-corrected chi connectivity index (χ1v) is 11.1. The number of nitrogens with one attached hydrogen (secondary N) is 1. The number of thiazole rings is 1. The van der Waals surface area contributed by atoms with E-state index in [0.29, 0.717) is 12.3 Å². The maximum absolute atomic E-state index is 12.1. The molecule has 8 heteroatoms. The van der Waals surface area contributed by atoms with Crippen LogP contribution in [0, 0.1) is 6.92 Å². The predicted molar refractivity (Wildman–Crippen MR) is 110 cm³/mol. The van der Waals surface area contributed by atoms with E-state index in [9.17, 15) is 4.79 Å². The van der Waals surface area contributed by atoms with Gasteiger partial charge in [0.05, 0.1) is 29.4 Å². The highest BCUT2D eigenvalue weighted by Gasteiger charge is 2.42. The van der Waals surface area contributed by atoms with E-state index in [0.717, 1.165) is 56.0 Å². The maximum atomic E-state index is 12.1. The lowest BCUT2D eigenvalue weighted by Crippen LogP contribution is -2.45. The molecule has 7 nitrogen and oxygen atoms in total. The Hall–Kier alpha value is -2.16. The maximum Gasteiger partial charge on any atom is 0.287 e. The molecular formula is C21H26N4O3S. The first-order valence-electron chi connectivity index (χ1n) is 10.2. The molecule has 2 fully saturated rings. The number of likely N-dealkylation sites (tertiary alicyclic amines) is 1. The molecule has 2 aliphatic heterocycles. The molecule has 0 radical (unpaired) electrons. The van der Waals surface area contributed by atoms with E-state index in [1.165, 1.54) is 12.0 Å². The zero-order valence-corrected chi connectivity index (χ0v) is 17.4. The highest BCUT2D eigenvalue weighted by molar-refractivity contribution is 7.15. The van der Waals surface area contributed by atoms with Crippen LogP contribution in [-0.2, 0) is 11.3 Å². The second-order valence-corrected chi connectivity index (χ2v) is 9.00. The number of ether oxygens (including phenoxy) is 1. The van der Waals surface area contributed by atoms with Crippen LogP contribution < -0.4 is 5.32 Å². The van der Waals surface area contributed by atoms with Crippen molar-refractivity contribution >= 4 is 22.2 Å². The lowest BCUT2D eigenvalue weighted by molar-refractivity contribution is -0.0766. The van der Waals surface area contributed by atoms with Gasteiger partial charge >= 0.3 is 0 Å². The van der Waals surface area contributed by atoms with Gasteiger partial charge in [0.2, 0.25) is 0 Å². The van der Waals surface area contributed by atoms with Crippen molar-refractivity contribution in [1.29, 1.82) is 0 Å². The van der Waals surface area contributed by atoms with Gasteiger partial charge in [-0.2, -0.15) is 0 Å². The van der Waals surface area contributed by atoms with Gasteiger partial charge < -0.3 is 14.5 Å². The SMILES string of the molecule is Cc1nc2sccn2c1CN1CCC2(CCC(CNC(=O)c3ccco3)O2)CC1. The molecular weight excluding hydrogens is 388 g/mol. The normalized spacial score (nSPS) is 21.9. The number of hydrogen-bond acceptors (Lipinski definition) is 6. The zero-order valence-electron chi connectivity index (χ0n) is 16.6. The van der Waals surface area contributed by atoms with Gasteiger partial charge in [-0.05, 0) is 44.7 Å². The summed E-state index contributed by atoms with van der Waals surface area (Å²) in [4.78, 5) is 20.3. The number of rotatable bonds is 5. The van der Waals surface area contributed by atoms with Crippen LogP contribution in [0.15, 0.2) is 34.4 Å². The zero-order chi connectivity index (χ0) is 19.8. The fraction of sp³-hybridized carbons (Fsp3) is 0.524. The minimum Gasteiger partial charge on any atom is -0.459 e. The molecule has 3 aromatic heterocycles. The van der Waals surface area contributed by atoms with Crippen molar-refractivity contribution in [2.75, 3.05) is 19.6 Å². The molecule has 5 rings (SSSR count). The fourth-order valence-corrected chi connectivity index (χ4v) is 5.35. The van der Waals surface area contributed by atoms with Gasteiger partial charge in [0, 0.05) is 37.8 Å². The van der Waals surface area contributed by atoms with Crippen LogP contribution >= 0.6 is 11.3 Å². The van der Waals surface area contributed by atoms with Gasteiger partial charge in [-0.15, -0.1) is 11.3 Å². The number of carbonyl (C=O) groups excluding carboxylic acids is 1. The van der Waals surface area contributed by atoms with E-state index in [4.69, 9.17) is 9.15 Å². The smallest absolute Gasteiger partial charge is 0.287 e. The van der Waals surface area contributed by atoms with E-state index in [-0.39, 0.29) is 17.6 Å². The largest absolute Gasteiger partial charge is 0.459 e. The molecule has 1 N–H and O–H groups in total. The molecule has 5 heterocycles. The van der Waals surface area contributed by atoms with E-state index >= 15 is 0 Å². The minimum absolute atomic E-state index is 0.0270. The Morgan fingerprint density at radius 1 is 1.38 bits per heavy atom. The second kappa shape index (κ2) is 7.59. The average Bonchev–Trinajstić information content (AvgIpc) is 3.50. The third kappa shape index (κ3) is 3.72. The topological polar surface area (TPSA) is 72.0 Å². The summed E-state index contributed by atoms with van der Waals surface area (Å²) >= 11 is 1.68. The molecule has 1 atom stereocenters. The van der Waals surface area contributed by atoms with Gasteiger partial charge in [-0.1, -0.05) is 0 Å². The molecule has 2 saturated heterocycles.